The summed E-state index contributed by atoms with van der Waals surface area (Å²) in [4.78, 5) is 0. The van der Waals surface area contributed by atoms with Crippen LogP contribution in [-0.2, 0) is 5.60 Å². The summed E-state index contributed by atoms with van der Waals surface area (Å²) in [5.41, 5.74) is -0.991. The first-order valence-electron chi connectivity index (χ1n) is 6.47. The van der Waals surface area contributed by atoms with E-state index < -0.39 is 11.8 Å². The topological polar surface area (TPSA) is 20.2 Å². The van der Waals surface area contributed by atoms with Gasteiger partial charge in [-0.15, -0.1) is 0 Å². The van der Waals surface area contributed by atoms with Crippen molar-refractivity contribution in [3.8, 4) is 0 Å². The van der Waals surface area contributed by atoms with E-state index in [0.717, 1.165) is 31.8 Å². The van der Waals surface area contributed by atoms with E-state index in [2.05, 4.69) is 0 Å². The van der Waals surface area contributed by atoms with Gasteiger partial charge in [-0.2, -0.15) is 13.2 Å². The Morgan fingerprint density at radius 3 is 2.11 bits per heavy atom. The maximum atomic E-state index is 12.4. The van der Waals surface area contributed by atoms with E-state index in [1.54, 1.807) is 30.3 Å². The average Bonchev–Trinajstić information content (AvgIpc) is 2.90. The molecule has 0 aliphatic heterocycles. The van der Waals surface area contributed by atoms with Crippen LogP contribution in [0, 0.1) is 5.92 Å². The predicted octanol–water partition coefficient (Wildman–Crippen LogP) is 4.18. The minimum atomic E-state index is -4.40. The first-order chi connectivity index (χ1) is 8.92. The fourth-order valence-electron chi connectivity index (χ4n) is 2.76. The lowest BCUT2D eigenvalue weighted by Crippen LogP contribution is -2.32. The number of allylic oxidation sites excluding steroid dienone is 1. The second-order valence-electron chi connectivity index (χ2n) is 5.05. The van der Waals surface area contributed by atoms with Gasteiger partial charge in [0.1, 0.15) is 5.60 Å². The summed E-state index contributed by atoms with van der Waals surface area (Å²) >= 11 is 0. The molecule has 1 unspecified atom stereocenters. The minimum Gasteiger partial charge on any atom is -0.381 e. The van der Waals surface area contributed by atoms with Crippen molar-refractivity contribution in [2.75, 3.05) is 0 Å². The van der Waals surface area contributed by atoms with Gasteiger partial charge in [-0.3, -0.25) is 0 Å². The number of hydrogen-bond acceptors (Lipinski definition) is 1. The van der Waals surface area contributed by atoms with Gasteiger partial charge in [0, 0.05) is 6.08 Å². The highest BCUT2D eigenvalue weighted by atomic mass is 19.4. The molecule has 0 saturated heterocycles. The third kappa shape index (κ3) is 3.38. The van der Waals surface area contributed by atoms with Crippen molar-refractivity contribution in [2.24, 2.45) is 5.92 Å². The zero-order valence-corrected chi connectivity index (χ0v) is 10.5. The van der Waals surface area contributed by atoms with Crippen LogP contribution in [0.1, 0.15) is 31.2 Å². The smallest absolute Gasteiger partial charge is 0.381 e. The minimum absolute atomic E-state index is 0.145. The second-order valence-corrected chi connectivity index (χ2v) is 5.05. The lowest BCUT2D eigenvalue weighted by atomic mass is 9.80. The van der Waals surface area contributed by atoms with Gasteiger partial charge in [-0.1, -0.05) is 43.2 Å². The molecule has 1 saturated carbocycles. The van der Waals surface area contributed by atoms with E-state index in [4.69, 9.17) is 0 Å². The van der Waals surface area contributed by atoms with Crippen molar-refractivity contribution in [2.45, 2.75) is 37.5 Å². The largest absolute Gasteiger partial charge is 0.409 e. The quantitative estimate of drug-likeness (QED) is 0.817. The second kappa shape index (κ2) is 5.37. The molecular formula is C15H17F3O. The summed E-state index contributed by atoms with van der Waals surface area (Å²) in [6.07, 6.45) is 0.0958. The lowest BCUT2D eigenvalue weighted by molar-refractivity contribution is -0.0825. The molecule has 4 heteroatoms. The molecule has 2 rings (SSSR count). The maximum Gasteiger partial charge on any atom is 0.409 e. The Hall–Kier alpha value is -1.29. The van der Waals surface area contributed by atoms with Crippen LogP contribution in [0.2, 0.25) is 0 Å². The highest BCUT2D eigenvalue weighted by Gasteiger charge is 2.39. The third-order valence-electron chi connectivity index (χ3n) is 3.74. The normalized spacial score (nSPS) is 20.8. The van der Waals surface area contributed by atoms with Crippen molar-refractivity contribution < 1.29 is 18.3 Å². The molecular weight excluding hydrogens is 253 g/mol. The average molecular weight is 270 g/mol. The maximum absolute atomic E-state index is 12.4. The monoisotopic (exact) mass is 270 g/mol. The molecule has 104 valence electrons. The number of benzene rings is 1. The van der Waals surface area contributed by atoms with Gasteiger partial charge in [0.25, 0.3) is 0 Å². The van der Waals surface area contributed by atoms with Gasteiger partial charge in [0.15, 0.2) is 0 Å². The molecule has 0 bridgehead atoms. The molecule has 1 aliphatic rings. The molecule has 0 radical (unpaired) electrons. The predicted molar refractivity (Wildman–Crippen MR) is 67.5 cm³/mol. The van der Waals surface area contributed by atoms with E-state index in [9.17, 15) is 18.3 Å². The van der Waals surface area contributed by atoms with Crippen LogP contribution in [0.5, 0.6) is 0 Å². The van der Waals surface area contributed by atoms with Crippen LogP contribution in [0.3, 0.4) is 0 Å². The van der Waals surface area contributed by atoms with E-state index in [-0.39, 0.29) is 12.0 Å². The van der Waals surface area contributed by atoms with E-state index in [0.29, 0.717) is 5.56 Å². The molecule has 1 N–H and O–H groups in total. The molecule has 1 aromatic carbocycles. The van der Waals surface area contributed by atoms with Gasteiger partial charge in [-0.05, 0) is 30.4 Å². The summed E-state index contributed by atoms with van der Waals surface area (Å²) in [6, 6.07) is 8.61. The van der Waals surface area contributed by atoms with Gasteiger partial charge >= 0.3 is 6.18 Å². The fourth-order valence-corrected chi connectivity index (χ4v) is 2.76. The zero-order chi connectivity index (χ0) is 13.9. The summed E-state index contributed by atoms with van der Waals surface area (Å²) in [6.45, 7) is 0. The molecule has 1 aliphatic carbocycles. The number of hydrogen-bond donors (Lipinski definition) is 1. The van der Waals surface area contributed by atoms with Crippen molar-refractivity contribution in [3.05, 3.63) is 48.0 Å². The number of rotatable bonds is 3. The van der Waals surface area contributed by atoms with Crippen LogP contribution in [0.15, 0.2) is 42.5 Å². The Morgan fingerprint density at radius 2 is 1.58 bits per heavy atom. The van der Waals surface area contributed by atoms with Crippen molar-refractivity contribution in [1.82, 2.24) is 0 Å². The molecule has 0 spiro atoms. The van der Waals surface area contributed by atoms with E-state index in [1.165, 1.54) is 0 Å². The lowest BCUT2D eigenvalue weighted by Gasteiger charge is -2.32. The summed E-state index contributed by atoms with van der Waals surface area (Å²) in [7, 11) is 0. The Kier molecular flexibility index (Phi) is 3.99. The SMILES string of the molecule is OC(/C=C/C(F)(F)F)(c1ccccc1)C1CCCC1. The zero-order valence-electron chi connectivity index (χ0n) is 10.5. The fraction of sp³-hybridized carbons (Fsp3) is 0.467. The summed E-state index contributed by atoms with van der Waals surface area (Å²) in [5.74, 6) is -0.145. The number of halogens is 3. The number of alkyl halides is 3. The Balaban J connectivity index is 2.35. The molecule has 1 nitrogen and oxygen atoms in total. The van der Waals surface area contributed by atoms with Crippen LogP contribution >= 0.6 is 0 Å². The molecule has 19 heavy (non-hydrogen) atoms. The molecule has 1 aromatic rings. The van der Waals surface area contributed by atoms with Crippen LogP contribution in [0.4, 0.5) is 13.2 Å². The first-order valence-corrected chi connectivity index (χ1v) is 6.47. The number of aliphatic hydroxyl groups is 1. The van der Waals surface area contributed by atoms with Crippen molar-refractivity contribution >= 4 is 0 Å². The Bertz CT molecular complexity index is 432. The first kappa shape index (κ1) is 14.1. The van der Waals surface area contributed by atoms with Gasteiger partial charge in [0.05, 0.1) is 0 Å². The van der Waals surface area contributed by atoms with E-state index >= 15 is 0 Å². The van der Waals surface area contributed by atoms with Gasteiger partial charge in [0.2, 0.25) is 0 Å². The molecule has 0 amide bonds. The van der Waals surface area contributed by atoms with Crippen LogP contribution in [0.25, 0.3) is 0 Å². The Morgan fingerprint density at radius 1 is 1.00 bits per heavy atom. The Labute approximate surface area is 110 Å². The highest BCUT2D eigenvalue weighted by molar-refractivity contribution is 5.29. The van der Waals surface area contributed by atoms with Crippen molar-refractivity contribution in [3.63, 3.8) is 0 Å². The van der Waals surface area contributed by atoms with Gasteiger partial charge < -0.3 is 5.11 Å². The van der Waals surface area contributed by atoms with Gasteiger partial charge in [-0.25, -0.2) is 0 Å². The van der Waals surface area contributed by atoms with Crippen LogP contribution in [-0.4, -0.2) is 11.3 Å². The van der Waals surface area contributed by atoms with E-state index in [1.807, 2.05) is 0 Å². The highest BCUT2D eigenvalue weighted by Crippen LogP contribution is 2.42. The molecule has 1 fully saturated rings. The van der Waals surface area contributed by atoms with Crippen LogP contribution < -0.4 is 0 Å². The summed E-state index contributed by atoms with van der Waals surface area (Å²) in [5, 5.41) is 10.8. The third-order valence-corrected chi connectivity index (χ3v) is 3.74. The summed E-state index contributed by atoms with van der Waals surface area (Å²) < 4.78 is 37.2. The standard InChI is InChI=1S/C15H17F3O/c16-15(17,18)11-10-14(19,13-8-4-5-9-13)12-6-2-1-3-7-12/h1-3,6-7,10-11,13,19H,4-5,8-9H2/b11-10+. The molecule has 0 heterocycles. The molecule has 1 atom stereocenters. The molecule has 0 aromatic heterocycles. The van der Waals surface area contributed by atoms with Crippen molar-refractivity contribution in [1.29, 1.82) is 0 Å².